The van der Waals surface area contributed by atoms with Crippen molar-refractivity contribution in [3.63, 3.8) is 0 Å². The zero-order valence-corrected chi connectivity index (χ0v) is 9.16. The summed E-state index contributed by atoms with van der Waals surface area (Å²) in [4.78, 5) is 23.4. The van der Waals surface area contributed by atoms with Crippen LogP contribution in [0.1, 0.15) is 25.7 Å². The van der Waals surface area contributed by atoms with Crippen molar-refractivity contribution in [2.24, 2.45) is 5.92 Å². The third kappa shape index (κ3) is 4.62. The van der Waals surface area contributed by atoms with Crippen LogP contribution in [-0.4, -0.2) is 41.1 Å². The van der Waals surface area contributed by atoms with Crippen LogP contribution in [0.25, 0.3) is 0 Å². The molecule has 1 atom stereocenters. The molecule has 1 saturated heterocycles. The third-order valence-corrected chi connectivity index (χ3v) is 2.75. The highest BCUT2D eigenvalue weighted by molar-refractivity contribution is 5.78. The zero-order valence-electron chi connectivity index (χ0n) is 9.16. The van der Waals surface area contributed by atoms with Gasteiger partial charge in [0.05, 0.1) is 12.3 Å². The maximum Gasteiger partial charge on any atom is 0.389 e. The van der Waals surface area contributed by atoms with Crippen molar-refractivity contribution in [1.29, 1.82) is 0 Å². The molecule has 0 bridgehead atoms. The van der Waals surface area contributed by atoms with Crippen LogP contribution in [0.5, 0.6) is 0 Å². The van der Waals surface area contributed by atoms with Gasteiger partial charge in [-0.05, 0) is 12.8 Å². The Hall–Kier alpha value is -1.27. The second-order valence-corrected chi connectivity index (χ2v) is 4.13. The van der Waals surface area contributed by atoms with E-state index in [0.29, 0.717) is 19.4 Å². The van der Waals surface area contributed by atoms with E-state index in [0.717, 1.165) is 0 Å². The largest absolute Gasteiger partial charge is 0.481 e. The lowest BCUT2D eigenvalue weighted by molar-refractivity contribution is -0.152. The Morgan fingerprint density at radius 3 is 2.53 bits per heavy atom. The molecule has 0 aliphatic carbocycles. The van der Waals surface area contributed by atoms with E-state index in [-0.39, 0.29) is 6.54 Å². The highest BCUT2D eigenvalue weighted by atomic mass is 19.4. The number of hydrogen-bond donors (Lipinski definition) is 1. The number of halogens is 3. The van der Waals surface area contributed by atoms with Gasteiger partial charge in [-0.15, -0.1) is 0 Å². The van der Waals surface area contributed by atoms with Crippen molar-refractivity contribution >= 4 is 11.9 Å². The number of aliphatic carboxylic acids is 1. The molecule has 1 N–H and O–H groups in total. The minimum absolute atomic E-state index is 0.0199. The standard InChI is InChI=1S/C10H14F3NO3/c11-10(12,13)4-3-8(15)14-5-1-2-7(6-14)9(16)17/h7H,1-6H2,(H,16,17). The monoisotopic (exact) mass is 253 g/mol. The van der Waals surface area contributed by atoms with E-state index in [1.54, 1.807) is 0 Å². The molecule has 1 unspecified atom stereocenters. The molecule has 0 aromatic rings. The van der Waals surface area contributed by atoms with E-state index >= 15 is 0 Å². The number of carboxylic acid groups (broad SMARTS) is 1. The molecular weight excluding hydrogens is 239 g/mol. The van der Waals surface area contributed by atoms with Gasteiger partial charge in [0.25, 0.3) is 0 Å². The number of amides is 1. The molecule has 0 saturated carbocycles. The Kier molecular flexibility index (Phi) is 4.36. The van der Waals surface area contributed by atoms with Crippen molar-refractivity contribution in [3.05, 3.63) is 0 Å². The molecule has 0 aromatic carbocycles. The topological polar surface area (TPSA) is 57.6 Å². The van der Waals surface area contributed by atoms with Crippen LogP contribution >= 0.6 is 0 Å². The molecule has 7 heteroatoms. The highest BCUT2D eigenvalue weighted by Crippen LogP contribution is 2.23. The second kappa shape index (κ2) is 5.37. The lowest BCUT2D eigenvalue weighted by Crippen LogP contribution is -2.42. The molecule has 1 aliphatic heterocycles. The predicted molar refractivity (Wildman–Crippen MR) is 52.2 cm³/mol. The summed E-state index contributed by atoms with van der Waals surface area (Å²) < 4.78 is 35.8. The van der Waals surface area contributed by atoms with Gasteiger partial charge in [-0.25, -0.2) is 0 Å². The molecule has 1 aliphatic rings. The number of rotatable bonds is 3. The number of hydrogen-bond acceptors (Lipinski definition) is 2. The molecule has 0 radical (unpaired) electrons. The van der Waals surface area contributed by atoms with E-state index < -0.39 is 36.8 Å². The first-order valence-corrected chi connectivity index (χ1v) is 5.37. The number of nitrogens with zero attached hydrogens (tertiary/aromatic N) is 1. The van der Waals surface area contributed by atoms with Gasteiger partial charge >= 0.3 is 12.1 Å². The molecule has 98 valence electrons. The number of likely N-dealkylation sites (tertiary alicyclic amines) is 1. The van der Waals surface area contributed by atoms with Crippen molar-refractivity contribution in [2.75, 3.05) is 13.1 Å². The first-order chi connectivity index (χ1) is 7.79. The van der Waals surface area contributed by atoms with Crippen molar-refractivity contribution < 1.29 is 27.9 Å². The van der Waals surface area contributed by atoms with Crippen LogP contribution in [0, 0.1) is 5.92 Å². The van der Waals surface area contributed by atoms with E-state index in [2.05, 4.69) is 0 Å². The fraction of sp³-hybridized carbons (Fsp3) is 0.800. The Bertz CT molecular complexity index is 304. The Balaban J connectivity index is 2.44. The van der Waals surface area contributed by atoms with Crippen molar-refractivity contribution in [1.82, 2.24) is 4.90 Å². The normalized spacial score (nSPS) is 21.4. The molecular formula is C10H14F3NO3. The summed E-state index contributed by atoms with van der Waals surface area (Å²) in [5, 5.41) is 8.78. The fourth-order valence-electron chi connectivity index (χ4n) is 1.81. The van der Waals surface area contributed by atoms with Crippen LogP contribution in [0.3, 0.4) is 0 Å². The van der Waals surface area contributed by atoms with Gasteiger partial charge in [0.15, 0.2) is 0 Å². The van der Waals surface area contributed by atoms with E-state index in [9.17, 15) is 22.8 Å². The third-order valence-electron chi connectivity index (χ3n) is 2.75. The van der Waals surface area contributed by atoms with Crippen LogP contribution in [0.15, 0.2) is 0 Å². The smallest absolute Gasteiger partial charge is 0.389 e. The summed E-state index contributed by atoms with van der Waals surface area (Å²) in [7, 11) is 0. The second-order valence-electron chi connectivity index (χ2n) is 4.13. The zero-order chi connectivity index (χ0) is 13.1. The highest BCUT2D eigenvalue weighted by Gasteiger charge is 2.32. The van der Waals surface area contributed by atoms with Gasteiger partial charge in [0.2, 0.25) is 5.91 Å². The summed E-state index contributed by atoms with van der Waals surface area (Å²) in [5.74, 6) is -2.27. The molecule has 1 heterocycles. The Labute approximate surface area is 96.4 Å². The first-order valence-electron chi connectivity index (χ1n) is 5.37. The average Bonchev–Trinajstić information content (AvgIpc) is 2.25. The van der Waals surface area contributed by atoms with Gasteiger partial charge in [-0.2, -0.15) is 13.2 Å². The van der Waals surface area contributed by atoms with Gasteiger partial charge < -0.3 is 10.0 Å². The summed E-state index contributed by atoms with van der Waals surface area (Å²) >= 11 is 0. The quantitative estimate of drug-likeness (QED) is 0.832. The predicted octanol–water partition coefficient (Wildman–Crippen LogP) is 1.65. The van der Waals surface area contributed by atoms with E-state index in [1.165, 1.54) is 4.90 Å². The SMILES string of the molecule is O=C(O)C1CCCN(C(=O)CCC(F)(F)F)C1. The molecule has 1 rings (SSSR count). The minimum atomic E-state index is -4.35. The van der Waals surface area contributed by atoms with Gasteiger partial charge in [-0.1, -0.05) is 0 Å². The number of piperidine rings is 1. The van der Waals surface area contributed by atoms with E-state index in [4.69, 9.17) is 5.11 Å². The van der Waals surface area contributed by atoms with Crippen molar-refractivity contribution in [2.45, 2.75) is 31.9 Å². The van der Waals surface area contributed by atoms with Crippen molar-refractivity contribution in [3.8, 4) is 0 Å². The lowest BCUT2D eigenvalue weighted by atomic mass is 9.98. The van der Waals surface area contributed by atoms with Crippen LogP contribution in [0.4, 0.5) is 13.2 Å². The maximum atomic E-state index is 11.9. The van der Waals surface area contributed by atoms with Gasteiger partial charge in [-0.3, -0.25) is 9.59 Å². The molecule has 17 heavy (non-hydrogen) atoms. The lowest BCUT2D eigenvalue weighted by Gasteiger charge is -2.30. The molecule has 0 spiro atoms. The Morgan fingerprint density at radius 1 is 1.35 bits per heavy atom. The number of alkyl halides is 3. The first kappa shape index (κ1) is 13.8. The van der Waals surface area contributed by atoms with Gasteiger partial charge in [0.1, 0.15) is 0 Å². The summed E-state index contributed by atoms with van der Waals surface area (Å²) in [5.41, 5.74) is 0. The molecule has 1 fully saturated rings. The van der Waals surface area contributed by atoms with Crippen LogP contribution in [0.2, 0.25) is 0 Å². The van der Waals surface area contributed by atoms with E-state index in [1.807, 2.05) is 0 Å². The number of carbonyl (C=O) groups is 2. The van der Waals surface area contributed by atoms with Crippen LogP contribution < -0.4 is 0 Å². The summed E-state index contributed by atoms with van der Waals surface area (Å²) in [6.45, 7) is 0.368. The molecule has 0 aromatic heterocycles. The maximum absolute atomic E-state index is 11.9. The summed E-state index contributed by atoms with van der Waals surface area (Å²) in [6, 6.07) is 0. The number of carbonyl (C=O) groups excluding carboxylic acids is 1. The fourth-order valence-corrected chi connectivity index (χ4v) is 1.81. The molecule has 4 nitrogen and oxygen atoms in total. The average molecular weight is 253 g/mol. The van der Waals surface area contributed by atoms with Gasteiger partial charge in [0, 0.05) is 19.5 Å². The van der Waals surface area contributed by atoms with Crippen LogP contribution in [-0.2, 0) is 9.59 Å². The number of carboxylic acids is 1. The molecule has 1 amide bonds. The summed E-state index contributed by atoms with van der Waals surface area (Å²) in [6.07, 6.45) is -5.11. The minimum Gasteiger partial charge on any atom is -0.481 e. The Morgan fingerprint density at radius 2 is 2.00 bits per heavy atom.